The molecule has 0 aliphatic heterocycles. The number of aryl methyl sites for hydroxylation is 1. The Balaban J connectivity index is 2.05. The van der Waals surface area contributed by atoms with E-state index in [2.05, 4.69) is 16.7 Å². The molecule has 2 N–H and O–H groups in total. The van der Waals surface area contributed by atoms with Crippen LogP contribution in [-0.2, 0) is 13.0 Å². The molecule has 3 nitrogen and oxygen atoms in total. The van der Waals surface area contributed by atoms with Gasteiger partial charge in [0.2, 0.25) is 0 Å². The second-order valence-corrected chi connectivity index (χ2v) is 6.18. The molecule has 3 aromatic rings. The summed E-state index contributed by atoms with van der Waals surface area (Å²) < 4.78 is 15.8. The molecule has 0 spiro atoms. The van der Waals surface area contributed by atoms with Crippen LogP contribution in [0.5, 0.6) is 0 Å². The molecule has 0 aliphatic rings. The van der Waals surface area contributed by atoms with Crippen molar-refractivity contribution in [1.82, 2.24) is 4.57 Å². The molecule has 1 aromatic heterocycles. The maximum Gasteiger partial charge on any atom is 0.251 e. The first-order valence-corrected chi connectivity index (χ1v) is 8.28. The van der Waals surface area contributed by atoms with Crippen molar-refractivity contribution in [3.8, 4) is 11.1 Å². The van der Waals surface area contributed by atoms with Crippen LogP contribution in [0.2, 0.25) is 0 Å². The minimum Gasteiger partial charge on any atom is -0.366 e. The summed E-state index contributed by atoms with van der Waals surface area (Å²) in [6.45, 7) is 4.57. The molecule has 0 radical (unpaired) electrons. The smallest absolute Gasteiger partial charge is 0.251 e. The Kier molecular flexibility index (Phi) is 4.70. The fourth-order valence-corrected chi connectivity index (χ4v) is 3.40. The summed E-state index contributed by atoms with van der Waals surface area (Å²) in [5, 5.41) is 0. The molecule has 0 saturated heterocycles. The normalized spacial score (nSPS) is 10.8. The van der Waals surface area contributed by atoms with Crippen LogP contribution in [0.3, 0.4) is 0 Å². The zero-order chi connectivity index (χ0) is 18.0. The summed E-state index contributed by atoms with van der Waals surface area (Å²) in [7, 11) is 0. The van der Waals surface area contributed by atoms with Gasteiger partial charge >= 0.3 is 0 Å². The van der Waals surface area contributed by atoms with Gasteiger partial charge in [-0.1, -0.05) is 42.5 Å². The molecule has 1 heterocycles. The number of nitrogens with zero attached hydrogens (tertiary/aromatic N) is 1. The largest absolute Gasteiger partial charge is 0.366 e. The van der Waals surface area contributed by atoms with E-state index in [1.807, 2.05) is 32.0 Å². The Morgan fingerprint density at radius 2 is 1.76 bits per heavy atom. The number of carbonyl (C=O) groups excluding carboxylic acids is 1. The second-order valence-electron chi connectivity index (χ2n) is 6.18. The van der Waals surface area contributed by atoms with Gasteiger partial charge in [-0.15, -0.1) is 0 Å². The maximum absolute atomic E-state index is 13.7. The highest BCUT2D eigenvalue weighted by atomic mass is 19.1. The van der Waals surface area contributed by atoms with Gasteiger partial charge in [-0.05, 0) is 43.5 Å². The minimum absolute atomic E-state index is 0.331. The summed E-state index contributed by atoms with van der Waals surface area (Å²) in [6, 6.07) is 16.5. The first-order chi connectivity index (χ1) is 12.0. The molecule has 128 valence electrons. The average molecular weight is 336 g/mol. The van der Waals surface area contributed by atoms with Crippen molar-refractivity contribution >= 4 is 5.91 Å². The number of aromatic nitrogens is 1. The van der Waals surface area contributed by atoms with Crippen LogP contribution in [0.4, 0.5) is 4.39 Å². The molecule has 0 atom stereocenters. The molecular weight excluding hydrogens is 315 g/mol. The number of benzene rings is 2. The van der Waals surface area contributed by atoms with Gasteiger partial charge in [0.25, 0.3) is 5.91 Å². The van der Waals surface area contributed by atoms with Crippen molar-refractivity contribution in [3.63, 3.8) is 0 Å². The lowest BCUT2D eigenvalue weighted by atomic mass is 10.00. The van der Waals surface area contributed by atoms with Crippen molar-refractivity contribution in [2.75, 3.05) is 0 Å². The van der Waals surface area contributed by atoms with Crippen LogP contribution in [0.15, 0.2) is 54.6 Å². The Hall–Kier alpha value is -2.88. The van der Waals surface area contributed by atoms with E-state index in [0.29, 0.717) is 11.1 Å². The highest BCUT2D eigenvalue weighted by Gasteiger charge is 2.22. The summed E-state index contributed by atoms with van der Waals surface area (Å²) in [5.41, 5.74) is 10.5. The fourth-order valence-electron chi connectivity index (χ4n) is 3.40. The van der Waals surface area contributed by atoms with Gasteiger partial charge in [-0.25, -0.2) is 4.39 Å². The average Bonchev–Trinajstić information content (AvgIpc) is 2.84. The van der Waals surface area contributed by atoms with Crippen LogP contribution >= 0.6 is 0 Å². The molecule has 4 heteroatoms. The minimum atomic E-state index is -0.488. The van der Waals surface area contributed by atoms with Crippen molar-refractivity contribution in [3.05, 3.63) is 82.9 Å². The number of halogens is 1. The van der Waals surface area contributed by atoms with Crippen molar-refractivity contribution in [1.29, 1.82) is 0 Å². The van der Waals surface area contributed by atoms with Gasteiger partial charge in [-0.3, -0.25) is 4.79 Å². The molecule has 0 fully saturated rings. The van der Waals surface area contributed by atoms with E-state index in [9.17, 15) is 9.18 Å². The summed E-state index contributed by atoms with van der Waals surface area (Å²) in [5.74, 6) is -0.819. The molecule has 0 saturated carbocycles. The van der Waals surface area contributed by atoms with E-state index in [0.717, 1.165) is 29.9 Å². The van der Waals surface area contributed by atoms with Gasteiger partial charge in [-0.2, -0.15) is 0 Å². The van der Waals surface area contributed by atoms with Gasteiger partial charge in [0.1, 0.15) is 5.82 Å². The third-order valence-electron chi connectivity index (χ3n) is 4.61. The zero-order valence-corrected chi connectivity index (χ0v) is 14.4. The first-order valence-electron chi connectivity index (χ1n) is 8.28. The summed E-state index contributed by atoms with van der Waals surface area (Å²) in [6.07, 6.45) is 0.845. The summed E-state index contributed by atoms with van der Waals surface area (Å²) in [4.78, 5) is 12.1. The molecule has 2 aromatic carbocycles. The van der Waals surface area contributed by atoms with E-state index in [-0.39, 0.29) is 5.82 Å². The number of hydrogen-bond donors (Lipinski definition) is 1. The number of nitrogens with two attached hydrogens (primary N) is 1. The highest BCUT2D eigenvalue weighted by Crippen LogP contribution is 2.32. The van der Waals surface area contributed by atoms with Gasteiger partial charge in [0.15, 0.2) is 0 Å². The zero-order valence-electron chi connectivity index (χ0n) is 14.4. The molecular formula is C21H21FN2O. The first kappa shape index (κ1) is 17.0. The standard InChI is InChI=1S/C21H21FN2O/c1-14-19(17-9-6-10-18(22)13-17)20(21(23)25)15(2)24(14)12-11-16-7-4-3-5-8-16/h3-10,13H,11-12H2,1-2H3,(H2,23,25). The van der Waals surface area contributed by atoms with Gasteiger partial charge in [0.05, 0.1) is 5.56 Å². The van der Waals surface area contributed by atoms with E-state index in [4.69, 9.17) is 5.73 Å². The van der Waals surface area contributed by atoms with E-state index >= 15 is 0 Å². The number of carbonyl (C=O) groups is 1. The number of primary amides is 1. The van der Waals surface area contributed by atoms with E-state index in [1.54, 1.807) is 12.1 Å². The van der Waals surface area contributed by atoms with Crippen LogP contribution in [0.25, 0.3) is 11.1 Å². The van der Waals surface area contributed by atoms with Crippen LogP contribution < -0.4 is 5.73 Å². The van der Waals surface area contributed by atoms with Gasteiger partial charge < -0.3 is 10.3 Å². The Morgan fingerprint density at radius 1 is 1.04 bits per heavy atom. The molecule has 0 unspecified atom stereocenters. The molecule has 3 rings (SSSR count). The second kappa shape index (κ2) is 6.93. The SMILES string of the molecule is Cc1c(C(N)=O)c(-c2cccc(F)c2)c(C)n1CCc1ccccc1. The Morgan fingerprint density at radius 3 is 2.40 bits per heavy atom. The predicted molar refractivity (Wildman–Crippen MR) is 98.0 cm³/mol. The highest BCUT2D eigenvalue weighted by molar-refractivity contribution is 6.02. The topological polar surface area (TPSA) is 48.0 Å². The Bertz CT molecular complexity index is 913. The molecule has 0 aliphatic carbocycles. The maximum atomic E-state index is 13.7. The van der Waals surface area contributed by atoms with Crippen LogP contribution in [0, 0.1) is 19.7 Å². The van der Waals surface area contributed by atoms with Crippen molar-refractivity contribution in [2.24, 2.45) is 5.73 Å². The van der Waals surface area contributed by atoms with Crippen molar-refractivity contribution < 1.29 is 9.18 Å². The third kappa shape index (κ3) is 3.33. The lowest BCUT2D eigenvalue weighted by Gasteiger charge is -2.10. The van der Waals surface area contributed by atoms with E-state index in [1.165, 1.54) is 17.7 Å². The monoisotopic (exact) mass is 336 g/mol. The Labute approximate surface area is 146 Å². The lowest BCUT2D eigenvalue weighted by molar-refractivity contribution is 0.1000. The van der Waals surface area contributed by atoms with E-state index < -0.39 is 5.91 Å². The number of hydrogen-bond acceptors (Lipinski definition) is 1. The number of amides is 1. The molecule has 25 heavy (non-hydrogen) atoms. The fraction of sp³-hybridized carbons (Fsp3) is 0.190. The quantitative estimate of drug-likeness (QED) is 0.744. The predicted octanol–water partition coefficient (Wildman–Crippen LogP) is 4.25. The molecule has 0 bridgehead atoms. The van der Waals surface area contributed by atoms with Crippen molar-refractivity contribution in [2.45, 2.75) is 26.8 Å². The van der Waals surface area contributed by atoms with Crippen LogP contribution in [-0.4, -0.2) is 10.5 Å². The van der Waals surface area contributed by atoms with Crippen LogP contribution in [0.1, 0.15) is 27.3 Å². The number of rotatable bonds is 5. The molecule has 1 amide bonds. The lowest BCUT2D eigenvalue weighted by Crippen LogP contribution is -2.13. The third-order valence-corrected chi connectivity index (χ3v) is 4.61. The summed E-state index contributed by atoms with van der Waals surface area (Å²) >= 11 is 0. The van der Waals surface area contributed by atoms with Gasteiger partial charge in [0, 0.05) is 23.5 Å².